The van der Waals surface area contributed by atoms with Crippen molar-refractivity contribution >= 4 is 18.2 Å². The molecule has 1 fully saturated rings. The molecule has 1 aliphatic heterocycles. The summed E-state index contributed by atoms with van der Waals surface area (Å²) in [5, 5.41) is 25.1. The zero-order valence-electron chi connectivity index (χ0n) is 11.5. The number of hydrogen-bond acceptors (Lipinski definition) is 6. The Labute approximate surface area is 116 Å². The highest BCUT2D eigenvalue weighted by Gasteiger charge is 2.30. The summed E-state index contributed by atoms with van der Waals surface area (Å²) in [6, 6.07) is -0.211. The fraction of sp³-hybridized carbons (Fsp3) is 0.667. The van der Waals surface area contributed by atoms with Gasteiger partial charge in [-0.1, -0.05) is 0 Å². The van der Waals surface area contributed by atoms with Gasteiger partial charge in [-0.15, -0.1) is 0 Å². The number of hydrogen-bond donors (Lipinski definition) is 1. The minimum Gasteiger partial charge on any atom is -0.391 e. The average molecular weight is 281 g/mol. The van der Waals surface area contributed by atoms with Gasteiger partial charge in [-0.25, -0.2) is 4.68 Å². The summed E-state index contributed by atoms with van der Waals surface area (Å²) in [6.07, 6.45) is 1.87. The predicted octanol–water partition coefficient (Wildman–Crippen LogP) is 0.841. The molecule has 0 unspecified atom stereocenters. The van der Waals surface area contributed by atoms with Crippen LogP contribution in [0.25, 0.3) is 0 Å². The second-order valence-corrected chi connectivity index (χ2v) is 4.81. The Morgan fingerprint density at radius 2 is 2.30 bits per heavy atom. The van der Waals surface area contributed by atoms with Crippen molar-refractivity contribution in [3.63, 3.8) is 0 Å². The summed E-state index contributed by atoms with van der Waals surface area (Å²) in [4.78, 5) is 16.5. The Balaban J connectivity index is 2.29. The van der Waals surface area contributed by atoms with E-state index in [9.17, 15) is 15.2 Å². The smallest absolute Gasteiger partial charge is 0.331 e. The van der Waals surface area contributed by atoms with Gasteiger partial charge in [0.05, 0.1) is 17.1 Å². The van der Waals surface area contributed by atoms with Gasteiger partial charge in [0.2, 0.25) is 5.82 Å². The summed E-state index contributed by atoms with van der Waals surface area (Å²) >= 11 is 0. The van der Waals surface area contributed by atoms with Crippen molar-refractivity contribution in [3.8, 4) is 0 Å². The summed E-state index contributed by atoms with van der Waals surface area (Å²) < 4.78 is 1.62. The molecule has 0 aliphatic carbocycles. The summed E-state index contributed by atoms with van der Waals surface area (Å²) in [5.74, 6) is 0.509. The van der Waals surface area contributed by atoms with Gasteiger partial charge in [-0.2, -0.15) is 5.10 Å². The lowest BCUT2D eigenvalue weighted by Gasteiger charge is -2.22. The highest BCUT2D eigenvalue weighted by molar-refractivity contribution is 5.57. The topological polar surface area (TPSA) is 96.8 Å². The van der Waals surface area contributed by atoms with Gasteiger partial charge in [-0.3, -0.25) is 15.1 Å². The molecular weight excluding hydrogens is 262 g/mol. The SMILES string of the molecule is C=N[C@H]1CCN(c2c([N+](=O)[O-])cnn2CC)CC[C@@H]1O. The van der Waals surface area contributed by atoms with E-state index >= 15 is 0 Å². The van der Waals surface area contributed by atoms with E-state index in [1.165, 1.54) is 6.20 Å². The molecule has 0 saturated carbocycles. The van der Waals surface area contributed by atoms with Gasteiger partial charge in [0, 0.05) is 19.6 Å². The van der Waals surface area contributed by atoms with Crippen molar-refractivity contribution in [2.75, 3.05) is 18.0 Å². The number of aryl methyl sites for hydroxylation is 1. The van der Waals surface area contributed by atoms with E-state index in [1.807, 2.05) is 11.8 Å². The zero-order chi connectivity index (χ0) is 14.7. The lowest BCUT2D eigenvalue weighted by Crippen LogP contribution is -2.28. The van der Waals surface area contributed by atoms with Crippen molar-refractivity contribution in [1.29, 1.82) is 0 Å². The molecule has 0 amide bonds. The number of rotatable bonds is 4. The number of aromatic nitrogens is 2. The van der Waals surface area contributed by atoms with E-state index in [-0.39, 0.29) is 11.7 Å². The molecule has 2 rings (SSSR count). The lowest BCUT2D eigenvalue weighted by molar-refractivity contribution is -0.384. The minimum absolute atomic E-state index is 0.00588. The third-order valence-electron chi connectivity index (χ3n) is 3.66. The van der Waals surface area contributed by atoms with Gasteiger partial charge in [-0.05, 0) is 26.5 Å². The third kappa shape index (κ3) is 2.64. The van der Waals surface area contributed by atoms with Crippen molar-refractivity contribution in [2.24, 2.45) is 4.99 Å². The molecule has 1 aliphatic rings. The highest BCUT2D eigenvalue weighted by Crippen LogP contribution is 2.30. The highest BCUT2D eigenvalue weighted by atomic mass is 16.6. The van der Waals surface area contributed by atoms with Crippen LogP contribution in [0.3, 0.4) is 0 Å². The van der Waals surface area contributed by atoms with Crippen molar-refractivity contribution < 1.29 is 10.0 Å². The van der Waals surface area contributed by atoms with Crippen molar-refractivity contribution in [1.82, 2.24) is 9.78 Å². The molecule has 1 aromatic rings. The lowest BCUT2D eigenvalue weighted by atomic mass is 10.1. The summed E-state index contributed by atoms with van der Waals surface area (Å²) in [7, 11) is 0. The number of nitrogens with zero attached hydrogens (tertiary/aromatic N) is 5. The van der Waals surface area contributed by atoms with Crippen LogP contribution >= 0.6 is 0 Å². The van der Waals surface area contributed by atoms with Crippen LogP contribution in [-0.2, 0) is 6.54 Å². The number of aliphatic hydroxyl groups excluding tert-OH is 1. The zero-order valence-corrected chi connectivity index (χ0v) is 11.5. The Morgan fingerprint density at radius 1 is 1.60 bits per heavy atom. The van der Waals surface area contributed by atoms with Crippen molar-refractivity contribution in [2.45, 2.75) is 38.5 Å². The fourth-order valence-corrected chi connectivity index (χ4v) is 2.55. The Bertz CT molecular complexity index is 501. The van der Waals surface area contributed by atoms with E-state index in [0.717, 1.165) is 0 Å². The molecular formula is C12H19N5O3. The van der Waals surface area contributed by atoms with Crippen LogP contribution in [0.4, 0.5) is 11.5 Å². The standard InChI is InChI=1S/C12H19N5O3/c1-3-16-12(10(8-14-16)17(19)20)15-6-4-9(13-2)11(18)5-7-15/h8-9,11,18H,2-7H2,1H3/t9-,11-/m0/s1. The summed E-state index contributed by atoms with van der Waals surface area (Å²) in [5.41, 5.74) is 0.00588. The first-order chi connectivity index (χ1) is 9.58. The minimum atomic E-state index is -0.547. The Hall–Kier alpha value is -1.96. The normalized spacial score (nSPS) is 23.4. The maximum absolute atomic E-state index is 11.1. The van der Waals surface area contributed by atoms with Crippen LogP contribution in [0, 0.1) is 10.1 Å². The molecule has 20 heavy (non-hydrogen) atoms. The number of aliphatic imine (C=N–C) groups is 1. The maximum Gasteiger partial charge on any atom is 0.331 e. The van der Waals surface area contributed by atoms with Crippen molar-refractivity contribution in [3.05, 3.63) is 16.3 Å². The first-order valence-electron chi connectivity index (χ1n) is 6.67. The molecule has 0 aromatic carbocycles. The van der Waals surface area contributed by atoms with Crippen LogP contribution in [-0.4, -0.2) is 51.8 Å². The van der Waals surface area contributed by atoms with E-state index in [2.05, 4.69) is 16.8 Å². The van der Waals surface area contributed by atoms with Crippen LogP contribution in [0.5, 0.6) is 0 Å². The van der Waals surface area contributed by atoms with E-state index in [1.54, 1.807) is 4.68 Å². The fourth-order valence-electron chi connectivity index (χ4n) is 2.55. The molecule has 1 saturated heterocycles. The Kier molecular flexibility index (Phi) is 4.33. The molecule has 1 N–H and O–H groups in total. The monoisotopic (exact) mass is 281 g/mol. The average Bonchev–Trinajstić information content (AvgIpc) is 2.77. The molecule has 0 spiro atoms. The van der Waals surface area contributed by atoms with Gasteiger partial charge >= 0.3 is 5.69 Å². The van der Waals surface area contributed by atoms with Gasteiger partial charge < -0.3 is 10.0 Å². The number of anilines is 1. The Morgan fingerprint density at radius 3 is 2.90 bits per heavy atom. The molecule has 1 aromatic heterocycles. The first kappa shape index (κ1) is 14.4. The van der Waals surface area contributed by atoms with Gasteiger partial charge in [0.15, 0.2) is 0 Å². The molecule has 110 valence electrons. The second kappa shape index (κ2) is 6.00. The second-order valence-electron chi connectivity index (χ2n) is 4.81. The van der Waals surface area contributed by atoms with E-state index in [4.69, 9.17) is 0 Å². The molecule has 2 atom stereocenters. The molecule has 2 heterocycles. The van der Waals surface area contributed by atoms with Crippen LogP contribution < -0.4 is 4.90 Å². The number of nitro groups is 1. The van der Waals surface area contributed by atoms with Gasteiger partial charge in [0.1, 0.15) is 6.20 Å². The van der Waals surface area contributed by atoms with Crippen LogP contribution in [0.2, 0.25) is 0 Å². The summed E-state index contributed by atoms with van der Waals surface area (Å²) in [6.45, 7) is 7.07. The van der Waals surface area contributed by atoms with E-state index in [0.29, 0.717) is 38.3 Å². The molecule has 0 radical (unpaired) electrons. The maximum atomic E-state index is 11.1. The molecule has 8 heteroatoms. The van der Waals surface area contributed by atoms with Gasteiger partial charge in [0.25, 0.3) is 0 Å². The molecule has 0 bridgehead atoms. The van der Waals surface area contributed by atoms with E-state index < -0.39 is 11.0 Å². The number of aliphatic hydroxyl groups is 1. The molecule has 8 nitrogen and oxygen atoms in total. The first-order valence-corrected chi connectivity index (χ1v) is 6.67. The predicted molar refractivity (Wildman–Crippen MR) is 75.3 cm³/mol. The largest absolute Gasteiger partial charge is 0.391 e. The third-order valence-corrected chi connectivity index (χ3v) is 3.66. The quantitative estimate of drug-likeness (QED) is 0.501. The van der Waals surface area contributed by atoms with Crippen LogP contribution in [0.15, 0.2) is 11.2 Å². The van der Waals surface area contributed by atoms with Crippen LogP contribution in [0.1, 0.15) is 19.8 Å².